The Labute approximate surface area is 109 Å². The molecule has 2 atom stereocenters. The van der Waals surface area contributed by atoms with E-state index >= 15 is 0 Å². The van der Waals surface area contributed by atoms with Crippen LogP contribution in [0.1, 0.15) is 44.1 Å². The second-order valence-corrected chi connectivity index (χ2v) is 5.54. The molecule has 2 fully saturated rings. The lowest BCUT2D eigenvalue weighted by molar-refractivity contribution is 0.241. The van der Waals surface area contributed by atoms with Gasteiger partial charge in [0.15, 0.2) is 0 Å². The number of nitrogens with zero attached hydrogens (tertiary/aromatic N) is 3. The first-order chi connectivity index (χ1) is 8.88. The highest BCUT2D eigenvalue weighted by Crippen LogP contribution is 2.36. The highest BCUT2D eigenvalue weighted by atomic mass is 15.3. The van der Waals surface area contributed by atoms with Crippen LogP contribution in [0.4, 0.5) is 5.95 Å². The summed E-state index contributed by atoms with van der Waals surface area (Å²) in [6.45, 7) is 1.63. The van der Waals surface area contributed by atoms with Crippen LogP contribution in [0.5, 0.6) is 0 Å². The standard InChI is InChI=1S/C14H22N4/c15-8-11-9-16-14(17-10-11)18-7-3-5-12-4-1-2-6-13(12)18/h9-10,12-13H,1-8,15H2. The van der Waals surface area contributed by atoms with Crippen molar-refractivity contribution in [3.8, 4) is 0 Å². The first-order valence-electron chi connectivity index (χ1n) is 7.16. The van der Waals surface area contributed by atoms with Crippen LogP contribution in [0, 0.1) is 5.92 Å². The van der Waals surface area contributed by atoms with Gasteiger partial charge in [0, 0.05) is 37.1 Å². The summed E-state index contributed by atoms with van der Waals surface area (Å²) in [7, 11) is 0. The Morgan fingerprint density at radius 3 is 2.61 bits per heavy atom. The molecule has 1 aliphatic carbocycles. The Bertz CT molecular complexity index is 387. The van der Waals surface area contributed by atoms with Crippen molar-refractivity contribution in [3.05, 3.63) is 18.0 Å². The van der Waals surface area contributed by atoms with E-state index in [0.29, 0.717) is 12.6 Å². The number of fused-ring (bicyclic) bond motifs is 1. The van der Waals surface area contributed by atoms with Gasteiger partial charge in [-0.3, -0.25) is 0 Å². The van der Waals surface area contributed by atoms with Gasteiger partial charge in [-0.05, 0) is 31.6 Å². The molecule has 2 N–H and O–H groups in total. The van der Waals surface area contributed by atoms with Crippen LogP contribution in [0.3, 0.4) is 0 Å². The van der Waals surface area contributed by atoms with Crippen LogP contribution in [0.2, 0.25) is 0 Å². The van der Waals surface area contributed by atoms with Gasteiger partial charge in [0.25, 0.3) is 0 Å². The van der Waals surface area contributed by atoms with Crippen LogP contribution >= 0.6 is 0 Å². The minimum Gasteiger partial charge on any atom is -0.338 e. The van der Waals surface area contributed by atoms with Crippen molar-refractivity contribution < 1.29 is 0 Å². The van der Waals surface area contributed by atoms with Crippen molar-refractivity contribution in [2.24, 2.45) is 11.7 Å². The summed E-state index contributed by atoms with van der Waals surface area (Å²) in [6, 6.07) is 0.677. The fraction of sp³-hybridized carbons (Fsp3) is 0.714. The van der Waals surface area contributed by atoms with Gasteiger partial charge in [-0.1, -0.05) is 12.8 Å². The number of nitrogens with two attached hydrogens (primary N) is 1. The molecule has 1 saturated carbocycles. The molecule has 0 spiro atoms. The third kappa shape index (κ3) is 2.21. The smallest absolute Gasteiger partial charge is 0.225 e. The number of piperidine rings is 1. The summed E-state index contributed by atoms with van der Waals surface area (Å²) in [4.78, 5) is 11.4. The minimum absolute atomic E-state index is 0.520. The molecule has 98 valence electrons. The molecule has 2 heterocycles. The first kappa shape index (κ1) is 11.9. The molecule has 0 amide bonds. The van der Waals surface area contributed by atoms with Gasteiger partial charge in [-0.15, -0.1) is 0 Å². The minimum atomic E-state index is 0.520. The summed E-state index contributed by atoms with van der Waals surface area (Å²) < 4.78 is 0. The SMILES string of the molecule is NCc1cnc(N2CCCC3CCCCC32)nc1. The highest BCUT2D eigenvalue weighted by molar-refractivity contribution is 5.33. The van der Waals surface area contributed by atoms with Gasteiger partial charge in [0.2, 0.25) is 5.95 Å². The van der Waals surface area contributed by atoms with Crippen LogP contribution in [0.25, 0.3) is 0 Å². The molecule has 18 heavy (non-hydrogen) atoms. The van der Waals surface area contributed by atoms with Gasteiger partial charge in [-0.25, -0.2) is 9.97 Å². The topological polar surface area (TPSA) is 55.0 Å². The average Bonchev–Trinajstić information content (AvgIpc) is 2.47. The third-order valence-corrected chi connectivity index (χ3v) is 4.43. The highest BCUT2D eigenvalue weighted by Gasteiger charge is 2.34. The molecule has 4 heteroatoms. The fourth-order valence-corrected chi connectivity index (χ4v) is 3.47. The number of hydrogen-bond acceptors (Lipinski definition) is 4. The van der Waals surface area contributed by atoms with Crippen LogP contribution < -0.4 is 10.6 Å². The molecule has 1 aliphatic heterocycles. The van der Waals surface area contributed by atoms with E-state index in [1.807, 2.05) is 12.4 Å². The van der Waals surface area contributed by atoms with E-state index < -0.39 is 0 Å². The number of rotatable bonds is 2. The summed E-state index contributed by atoms with van der Waals surface area (Å²) in [5.74, 6) is 1.77. The van der Waals surface area contributed by atoms with Crippen molar-refractivity contribution in [3.63, 3.8) is 0 Å². The second kappa shape index (κ2) is 5.22. The van der Waals surface area contributed by atoms with Gasteiger partial charge in [0.05, 0.1) is 0 Å². The Morgan fingerprint density at radius 1 is 1.11 bits per heavy atom. The molecule has 3 rings (SSSR count). The fourth-order valence-electron chi connectivity index (χ4n) is 3.47. The van der Waals surface area contributed by atoms with E-state index in [4.69, 9.17) is 5.73 Å². The predicted molar refractivity (Wildman–Crippen MR) is 72.2 cm³/mol. The molecule has 1 aromatic rings. The number of anilines is 1. The summed E-state index contributed by atoms with van der Waals surface area (Å²) in [5, 5.41) is 0. The quantitative estimate of drug-likeness (QED) is 0.868. The zero-order valence-corrected chi connectivity index (χ0v) is 10.9. The average molecular weight is 246 g/mol. The Hall–Kier alpha value is -1.16. The molecule has 2 unspecified atom stereocenters. The van der Waals surface area contributed by atoms with Crippen molar-refractivity contribution in [1.82, 2.24) is 9.97 Å². The predicted octanol–water partition coefficient (Wildman–Crippen LogP) is 2.09. The Morgan fingerprint density at radius 2 is 1.83 bits per heavy atom. The molecular formula is C14H22N4. The maximum absolute atomic E-state index is 5.59. The molecule has 1 aromatic heterocycles. The Kier molecular flexibility index (Phi) is 3.46. The first-order valence-corrected chi connectivity index (χ1v) is 7.16. The summed E-state index contributed by atoms with van der Waals surface area (Å²) >= 11 is 0. The molecule has 1 saturated heterocycles. The van der Waals surface area contributed by atoms with Crippen molar-refractivity contribution in [1.29, 1.82) is 0 Å². The summed E-state index contributed by atoms with van der Waals surface area (Å²) in [6.07, 6.45) is 11.9. The summed E-state index contributed by atoms with van der Waals surface area (Å²) in [5.41, 5.74) is 6.60. The van der Waals surface area contributed by atoms with E-state index in [2.05, 4.69) is 14.9 Å². The number of hydrogen-bond donors (Lipinski definition) is 1. The Balaban J connectivity index is 1.80. The van der Waals surface area contributed by atoms with E-state index in [0.717, 1.165) is 24.0 Å². The molecule has 2 aliphatic rings. The zero-order valence-electron chi connectivity index (χ0n) is 10.9. The second-order valence-electron chi connectivity index (χ2n) is 5.54. The lowest BCUT2D eigenvalue weighted by Gasteiger charge is -2.44. The number of aromatic nitrogens is 2. The van der Waals surface area contributed by atoms with Crippen LogP contribution in [-0.2, 0) is 6.54 Å². The van der Waals surface area contributed by atoms with E-state index in [9.17, 15) is 0 Å². The lowest BCUT2D eigenvalue weighted by Crippen LogP contribution is -2.47. The van der Waals surface area contributed by atoms with Crippen molar-refractivity contribution in [2.75, 3.05) is 11.4 Å². The molecule has 4 nitrogen and oxygen atoms in total. The van der Waals surface area contributed by atoms with E-state index in [-0.39, 0.29) is 0 Å². The lowest BCUT2D eigenvalue weighted by atomic mass is 9.78. The molecule has 0 radical (unpaired) electrons. The monoisotopic (exact) mass is 246 g/mol. The van der Waals surface area contributed by atoms with Gasteiger partial charge >= 0.3 is 0 Å². The largest absolute Gasteiger partial charge is 0.338 e. The van der Waals surface area contributed by atoms with Crippen LogP contribution in [-0.4, -0.2) is 22.6 Å². The van der Waals surface area contributed by atoms with Crippen LogP contribution in [0.15, 0.2) is 12.4 Å². The van der Waals surface area contributed by atoms with Gasteiger partial charge in [-0.2, -0.15) is 0 Å². The van der Waals surface area contributed by atoms with Crippen molar-refractivity contribution in [2.45, 2.75) is 51.1 Å². The normalized spacial score (nSPS) is 27.9. The maximum atomic E-state index is 5.59. The van der Waals surface area contributed by atoms with Gasteiger partial charge < -0.3 is 10.6 Å². The zero-order chi connectivity index (χ0) is 12.4. The van der Waals surface area contributed by atoms with Gasteiger partial charge in [0.1, 0.15) is 0 Å². The van der Waals surface area contributed by atoms with E-state index in [1.165, 1.54) is 38.5 Å². The van der Waals surface area contributed by atoms with Crippen molar-refractivity contribution >= 4 is 5.95 Å². The molecular weight excluding hydrogens is 224 g/mol. The molecule has 0 bridgehead atoms. The maximum Gasteiger partial charge on any atom is 0.225 e. The molecule has 0 aromatic carbocycles. The third-order valence-electron chi connectivity index (χ3n) is 4.43. The van der Waals surface area contributed by atoms with E-state index in [1.54, 1.807) is 0 Å².